The summed E-state index contributed by atoms with van der Waals surface area (Å²) < 4.78 is 0. The van der Waals surface area contributed by atoms with E-state index in [1.165, 1.54) is 24.9 Å². The van der Waals surface area contributed by atoms with Crippen LogP contribution in [0.1, 0.15) is 40.0 Å². The van der Waals surface area contributed by atoms with Gasteiger partial charge in [0.2, 0.25) is 0 Å². The molecule has 0 amide bonds. The normalized spacial score (nSPS) is 13.9. The Morgan fingerprint density at radius 1 is 1.19 bits per heavy atom. The number of anilines is 1. The summed E-state index contributed by atoms with van der Waals surface area (Å²) in [6, 6.07) is 9.06. The van der Waals surface area contributed by atoms with E-state index in [1.54, 1.807) is 11.8 Å². The molecule has 2 unspecified atom stereocenters. The quantitative estimate of drug-likeness (QED) is 0.749. The first kappa shape index (κ1) is 15.9. The van der Waals surface area contributed by atoms with Crippen LogP contribution in [0.3, 0.4) is 0 Å². The van der Waals surface area contributed by atoms with E-state index in [-0.39, 0.29) is 0 Å². The summed E-state index contributed by atoms with van der Waals surface area (Å²) in [6.45, 7) is 6.82. The number of hydrogen-bond donors (Lipinski definition) is 2. The van der Waals surface area contributed by atoms with Gasteiger partial charge < -0.3 is 5.32 Å². The molecule has 2 rings (SSSR count). The second-order valence-corrected chi connectivity index (χ2v) is 6.48. The second kappa shape index (κ2) is 8.08. The van der Waals surface area contributed by atoms with Gasteiger partial charge in [0, 0.05) is 16.6 Å². The van der Waals surface area contributed by atoms with E-state index >= 15 is 0 Å². The van der Waals surface area contributed by atoms with Gasteiger partial charge in [0.25, 0.3) is 0 Å². The van der Waals surface area contributed by atoms with Gasteiger partial charge in [-0.1, -0.05) is 39.0 Å². The highest BCUT2D eigenvalue weighted by Crippen LogP contribution is 2.26. The zero-order chi connectivity index (χ0) is 15.1. The Morgan fingerprint density at radius 3 is 2.52 bits per heavy atom. The van der Waals surface area contributed by atoms with Gasteiger partial charge >= 0.3 is 0 Å². The Morgan fingerprint density at radius 2 is 1.95 bits per heavy atom. The van der Waals surface area contributed by atoms with Gasteiger partial charge in [-0.05, 0) is 43.0 Å². The Labute approximate surface area is 131 Å². The molecule has 0 fully saturated rings. The molecule has 0 saturated heterocycles. The second-order valence-electron chi connectivity index (χ2n) is 5.42. The van der Waals surface area contributed by atoms with E-state index in [4.69, 9.17) is 0 Å². The Balaban J connectivity index is 1.91. The van der Waals surface area contributed by atoms with Gasteiger partial charge in [-0.15, -0.1) is 0 Å². The summed E-state index contributed by atoms with van der Waals surface area (Å²) in [5.41, 5.74) is 1.19. The van der Waals surface area contributed by atoms with Crippen LogP contribution in [0.4, 0.5) is 5.69 Å². The van der Waals surface area contributed by atoms with Gasteiger partial charge in [0.05, 0.1) is 0 Å². The minimum absolute atomic E-state index is 0.549. The highest BCUT2D eigenvalue weighted by Gasteiger charge is 2.10. The van der Waals surface area contributed by atoms with E-state index in [0.717, 1.165) is 22.4 Å². The van der Waals surface area contributed by atoms with Crippen LogP contribution >= 0.6 is 11.8 Å². The monoisotopic (exact) mass is 304 g/mol. The minimum atomic E-state index is 0.549. The number of nitrogens with one attached hydrogen (secondary N) is 2. The summed E-state index contributed by atoms with van der Waals surface area (Å²) in [4.78, 5) is 5.28. The molecule has 0 aliphatic carbocycles. The van der Waals surface area contributed by atoms with E-state index < -0.39 is 0 Å². The molecule has 0 aliphatic heterocycles. The van der Waals surface area contributed by atoms with E-state index in [2.05, 4.69) is 65.5 Å². The third kappa shape index (κ3) is 5.08. The number of nitrogens with zero attached hydrogens (tertiary/aromatic N) is 2. The van der Waals surface area contributed by atoms with Crippen molar-refractivity contribution in [1.29, 1.82) is 0 Å². The average molecular weight is 304 g/mol. The lowest BCUT2D eigenvalue weighted by atomic mass is 9.97. The number of aromatic nitrogens is 3. The fourth-order valence-electron chi connectivity index (χ4n) is 2.19. The van der Waals surface area contributed by atoms with Crippen molar-refractivity contribution in [1.82, 2.24) is 15.2 Å². The van der Waals surface area contributed by atoms with E-state index in [9.17, 15) is 0 Å². The molecule has 5 heteroatoms. The zero-order valence-electron chi connectivity index (χ0n) is 13.0. The molecule has 0 saturated carbocycles. The maximum atomic E-state index is 4.12. The van der Waals surface area contributed by atoms with Crippen LogP contribution in [0, 0.1) is 5.92 Å². The molecular weight excluding hydrogens is 280 g/mol. The van der Waals surface area contributed by atoms with Crippen molar-refractivity contribution in [2.75, 3.05) is 5.32 Å². The van der Waals surface area contributed by atoms with Crippen molar-refractivity contribution in [2.45, 2.75) is 56.1 Å². The van der Waals surface area contributed by atoms with Gasteiger partial charge in [-0.25, -0.2) is 4.98 Å². The van der Waals surface area contributed by atoms with Crippen molar-refractivity contribution in [3.8, 4) is 0 Å². The maximum Gasteiger partial charge on any atom is 0.188 e. The van der Waals surface area contributed by atoms with Crippen LogP contribution in [-0.2, 0) is 0 Å². The van der Waals surface area contributed by atoms with Crippen LogP contribution in [0.2, 0.25) is 0 Å². The predicted molar refractivity (Wildman–Crippen MR) is 88.7 cm³/mol. The minimum Gasteiger partial charge on any atom is -0.382 e. The number of H-pyrrole nitrogens is 1. The molecule has 114 valence electrons. The Kier molecular flexibility index (Phi) is 6.11. The van der Waals surface area contributed by atoms with Crippen LogP contribution in [-0.4, -0.2) is 21.2 Å². The Hall–Kier alpha value is -1.49. The van der Waals surface area contributed by atoms with Crippen LogP contribution < -0.4 is 5.32 Å². The average Bonchev–Trinajstić information content (AvgIpc) is 3.01. The number of aromatic amines is 1. The van der Waals surface area contributed by atoms with Crippen molar-refractivity contribution < 1.29 is 0 Å². The smallest absolute Gasteiger partial charge is 0.188 e. The summed E-state index contributed by atoms with van der Waals surface area (Å²) in [5, 5.41) is 11.2. The first-order chi connectivity index (χ1) is 10.2. The third-order valence-electron chi connectivity index (χ3n) is 3.71. The molecule has 4 nitrogen and oxygen atoms in total. The summed E-state index contributed by atoms with van der Waals surface area (Å²) >= 11 is 1.58. The highest BCUT2D eigenvalue weighted by molar-refractivity contribution is 7.99. The molecule has 0 aliphatic rings. The molecule has 2 N–H and O–H groups in total. The summed E-state index contributed by atoms with van der Waals surface area (Å²) in [7, 11) is 0. The lowest BCUT2D eigenvalue weighted by Crippen LogP contribution is -2.21. The van der Waals surface area contributed by atoms with Crippen molar-refractivity contribution in [2.24, 2.45) is 5.92 Å². The maximum absolute atomic E-state index is 4.12. The number of rotatable bonds is 8. The molecule has 21 heavy (non-hydrogen) atoms. The lowest BCUT2D eigenvalue weighted by Gasteiger charge is -2.21. The van der Waals surface area contributed by atoms with E-state index in [1.807, 2.05) is 0 Å². The van der Waals surface area contributed by atoms with Crippen molar-refractivity contribution in [3.63, 3.8) is 0 Å². The topological polar surface area (TPSA) is 53.6 Å². The van der Waals surface area contributed by atoms with Crippen LogP contribution in [0.25, 0.3) is 0 Å². The fraction of sp³-hybridized carbons (Fsp3) is 0.500. The molecular formula is C16H24N4S. The van der Waals surface area contributed by atoms with Crippen molar-refractivity contribution >= 4 is 17.4 Å². The van der Waals surface area contributed by atoms with Gasteiger partial charge in [-0.3, -0.25) is 5.10 Å². The number of benzene rings is 1. The van der Waals surface area contributed by atoms with Gasteiger partial charge in [0.1, 0.15) is 6.33 Å². The number of hydrogen-bond acceptors (Lipinski definition) is 4. The molecule has 0 spiro atoms. The molecule has 1 aromatic carbocycles. The Bertz CT molecular complexity index is 510. The highest BCUT2D eigenvalue weighted by atomic mass is 32.2. The molecule has 0 bridgehead atoms. The standard InChI is InChI=1S/C16H24N4S/c1-4-12(3)10-13(5-2)19-14-6-8-15(9-7-14)21-16-17-11-18-20-16/h6-9,11-13,19H,4-5,10H2,1-3H3,(H,17,18,20). The van der Waals surface area contributed by atoms with Crippen molar-refractivity contribution in [3.05, 3.63) is 30.6 Å². The molecule has 2 aromatic rings. The largest absolute Gasteiger partial charge is 0.382 e. The van der Waals surface area contributed by atoms with Gasteiger partial charge in [0.15, 0.2) is 5.16 Å². The first-order valence-electron chi connectivity index (χ1n) is 7.61. The first-order valence-corrected chi connectivity index (χ1v) is 8.42. The molecule has 1 heterocycles. The molecule has 1 aromatic heterocycles. The third-order valence-corrected chi connectivity index (χ3v) is 4.61. The fourth-order valence-corrected chi connectivity index (χ4v) is 2.88. The summed E-state index contributed by atoms with van der Waals surface area (Å²) in [5.74, 6) is 0.767. The molecule has 2 atom stereocenters. The van der Waals surface area contributed by atoms with Crippen LogP contribution in [0.5, 0.6) is 0 Å². The van der Waals surface area contributed by atoms with Crippen LogP contribution in [0.15, 0.2) is 40.6 Å². The molecule has 0 radical (unpaired) electrons. The zero-order valence-corrected chi connectivity index (χ0v) is 13.8. The predicted octanol–water partition coefficient (Wildman–Crippen LogP) is 4.58. The van der Waals surface area contributed by atoms with Gasteiger partial charge in [-0.2, -0.15) is 5.10 Å². The summed E-state index contributed by atoms with van der Waals surface area (Å²) in [6.07, 6.45) is 5.14. The van der Waals surface area contributed by atoms with E-state index in [0.29, 0.717) is 6.04 Å². The lowest BCUT2D eigenvalue weighted by molar-refractivity contribution is 0.462. The SMILES string of the molecule is CCC(C)CC(CC)Nc1ccc(Sc2ncn[nH]2)cc1.